The highest BCUT2D eigenvalue weighted by molar-refractivity contribution is 7.89. The van der Waals surface area contributed by atoms with E-state index in [4.69, 9.17) is 5.14 Å². The van der Waals surface area contributed by atoms with Crippen molar-refractivity contribution in [3.63, 3.8) is 0 Å². The predicted molar refractivity (Wildman–Crippen MR) is 80.3 cm³/mol. The molecule has 0 bridgehead atoms. The van der Waals surface area contributed by atoms with Crippen LogP contribution in [0.2, 0.25) is 0 Å². The summed E-state index contributed by atoms with van der Waals surface area (Å²) in [5.74, 6) is 0.443. The minimum atomic E-state index is -3.70. The van der Waals surface area contributed by atoms with Crippen LogP contribution in [0.15, 0.2) is 29.2 Å². The maximum absolute atomic E-state index is 11.9. The number of piperidine rings is 1. The lowest BCUT2D eigenvalue weighted by Gasteiger charge is -2.20. The Morgan fingerprint density at radius 3 is 2.62 bits per heavy atom. The highest BCUT2D eigenvalue weighted by Gasteiger charge is 2.15. The molecule has 0 aromatic heterocycles. The van der Waals surface area contributed by atoms with Gasteiger partial charge >= 0.3 is 0 Å². The van der Waals surface area contributed by atoms with E-state index in [-0.39, 0.29) is 10.8 Å². The Balaban J connectivity index is 1.82. The average molecular weight is 310 g/mol. The van der Waals surface area contributed by atoms with Gasteiger partial charge in [-0.15, -0.1) is 0 Å². The van der Waals surface area contributed by atoms with Crippen molar-refractivity contribution in [3.8, 4) is 0 Å². The molecule has 1 unspecified atom stereocenters. The summed E-state index contributed by atoms with van der Waals surface area (Å²) in [7, 11) is -3.70. The molecule has 1 radical (unpaired) electrons. The highest BCUT2D eigenvalue weighted by atomic mass is 32.2. The first-order valence-electron chi connectivity index (χ1n) is 7.01. The number of carbonyl (C=O) groups excluding carboxylic acids is 1. The maximum atomic E-state index is 11.9. The molecule has 6 nitrogen and oxygen atoms in total. The van der Waals surface area contributed by atoms with Crippen molar-refractivity contribution >= 4 is 21.6 Å². The molecule has 0 aliphatic carbocycles. The summed E-state index contributed by atoms with van der Waals surface area (Å²) in [4.78, 5) is 11.9. The minimum Gasteiger partial charge on any atom is -0.326 e. The summed E-state index contributed by atoms with van der Waals surface area (Å²) in [6, 6.07) is 5.83. The van der Waals surface area contributed by atoms with Crippen molar-refractivity contribution in [1.29, 1.82) is 0 Å². The molecule has 1 heterocycles. The summed E-state index contributed by atoms with van der Waals surface area (Å²) >= 11 is 0. The van der Waals surface area contributed by atoms with E-state index in [2.05, 4.69) is 10.6 Å². The lowest BCUT2D eigenvalue weighted by Crippen LogP contribution is -2.25. The second kappa shape index (κ2) is 7.02. The second-order valence-corrected chi connectivity index (χ2v) is 6.86. The van der Waals surface area contributed by atoms with E-state index >= 15 is 0 Å². The van der Waals surface area contributed by atoms with Gasteiger partial charge in [-0.1, -0.05) is 0 Å². The number of hydrogen-bond donors (Lipinski definition) is 2. The van der Waals surface area contributed by atoms with Gasteiger partial charge in [0.05, 0.1) is 4.90 Å². The number of rotatable bonds is 5. The predicted octanol–water partition coefficient (Wildman–Crippen LogP) is 1.07. The number of benzene rings is 1. The third-order valence-electron chi connectivity index (χ3n) is 3.56. The standard InChI is InChI=1S/C14H20N3O3S/c15-21(19,20)13-6-4-12(5-7-13)17-14(18)8-3-11-2-1-9-16-10-11/h4-7,11H,1-3,8-10H2,(H,17,18)(H2,15,19,20). The minimum absolute atomic E-state index is 0.0318. The number of anilines is 1. The molecule has 1 aromatic rings. The average Bonchev–Trinajstić information content (AvgIpc) is 2.46. The van der Waals surface area contributed by atoms with Crippen molar-refractivity contribution in [1.82, 2.24) is 5.32 Å². The van der Waals surface area contributed by atoms with Crippen LogP contribution in [0.1, 0.15) is 25.7 Å². The molecule has 115 valence electrons. The Labute approximate surface area is 125 Å². The van der Waals surface area contributed by atoms with Gasteiger partial charge in [-0.2, -0.15) is 0 Å². The van der Waals surface area contributed by atoms with E-state index in [1.54, 1.807) is 0 Å². The van der Waals surface area contributed by atoms with Crippen LogP contribution in [0, 0.1) is 5.92 Å². The molecule has 1 atom stereocenters. The zero-order valence-electron chi connectivity index (χ0n) is 11.8. The van der Waals surface area contributed by atoms with E-state index in [1.807, 2.05) is 0 Å². The normalized spacial score (nSPS) is 19.2. The van der Waals surface area contributed by atoms with E-state index in [0.717, 1.165) is 32.4 Å². The molecular weight excluding hydrogens is 290 g/mol. The van der Waals surface area contributed by atoms with Crippen molar-refractivity contribution in [3.05, 3.63) is 24.3 Å². The molecule has 21 heavy (non-hydrogen) atoms. The van der Waals surface area contributed by atoms with Crippen LogP contribution in [0.3, 0.4) is 0 Å². The SMILES string of the molecule is NS(=O)(=O)c1ccc(NC(=O)CCC2CCC[N]C2)cc1. The summed E-state index contributed by atoms with van der Waals surface area (Å²) in [5.41, 5.74) is 0.570. The molecule has 1 fully saturated rings. The van der Waals surface area contributed by atoms with Crippen LogP contribution >= 0.6 is 0 Å². The van der Waals surface area contributed by atoms with Crippen LogP contribution < -0.4 is 15.8 Å². The van der Waals surface area contributed by atoms with Crippen LogP contribution in [-0.2, 0) is 14.8 Å². The summed E-state index contributed by atoms with van der Waals surface area (Å²) in [6.07, 6.45) is 3.54. The smallest absolute Gasteiger partial charge is 0.238 e. The molecule has 1 amide bonds. The number of nitrogens with zero attached hydrogens (tertiary/aromatic N) is 1. The van der Waals surface area contributed by atoms with Gasteiger partial charge in [0.25, 0.3) is 0 Å². The fourth-order valence-corrected chi connectivity index (χ4v) is 2.89. The van der Waals surface area contributed by atoms with Gasteiger partial charge in [0, 0.05) is 25.2 Å². The zero-order chi connectivity index (χ0) is 15.3. The first kappa shape index (κ1) is 15.9. The third-order valence-corrected chi connectivity index (χ3v) is 4.49. The van der Waals surface area contributed by atoms with Crippen LogP contribution in [0.4, 0.5) is 5.69 Å². The Hall–Kier alpha value is -1.44. The van der Waals surface area contributed by atoms with Crippen LogP contribution in [-0.4, -0.2) is 27.4 Å². The Kier molecular flexibility index (Phi) is 5.33. The molecular formula is C14H20N3O3S. The Morgan fingerprint density at radius 2 is 2.05 bits per heavy atom. The van der Waals surface area contributed by atoms with Crippen molar-refractivity contribution in [2.45, 2.75) is 30.6 Å². The van der Waals surface area contributed by atoms with Gasteiger partial charge < -0.3 is 5.32 Å². The van der Waals surface area contributed by atoms with Gasteiger partial charge in [-0.25, -0.2) is 18.9 Å². The van der Waals surface area contributed by atoms with Crippen molar-refractivity contribution < 1.29 is 13.2 Å². The van der Waals surface area contributed by atoms with Crippen molar-refractivity contribution in [2.75, 3.05) is 18.4 Å². The zero-order valence-corrected chi connectivity index (χ0v) is 12.6. The summed E-state index contributed by atoms with van der Waals surface area (Å²) < 4.78 is 22.3. The Morgan fingerprint density at radius 1 is 1.33 bits per heavy atom. The number of hydrogen-bond acceptors (Lipinski definition) is 3. The number of sulfonamides is 1. The highest BCUT2D eigenvalue weighted by Crippen LogP contribution is 2.18. The molecule has 1 aliphatic heterocycles. The Bertz CT molecular complexity index is 578. The number of amides is 1. The quantitative estimate of drug-likeness (QED) is 0.850. The van der Waals surface area contributed by atoms with Crippen LogP contribution in [0.5, 0.6) is 0 Å². The molecule has 2 rings (SSSR count). The molecule has 0 saturated carbocycles. The lowest BCUT2D eigenvalue weighted by atomic mass is 9.94. The van der Waals surface area contributed by atoms with Crippen molar-refractivity contribution in [2.24, 2.45) is 11.1 Å². The number of nitrogens with two attached hydrogens (primary N) is 1. The number of primary sulfonamides is 1. The maximum Gasteiger partial charge on any atom is 0.238 e. The monoisotopic (exact) mass is 310 g/mol. The number of carbonyl (C=O) groups is 1. The van der Waals surface area contributed by atoms with Gasteiger partial charge in [-0.05, 0) is 49.4 Å². The second-order valence-electron chi connectivity index (χ2n) is 5.29. The first-order valence-corrected chi connectivity index (χ1v) is 8.56. The molecule has 0 spiro atoms. The van der Waals surface area contributed by atoms with E-state index < -0.39 is 10.0 Å². The molecule has 1 aliphatic rings. The summed E-state index contributed by atoms with van der Waals surface area (Å²) in [5, 5.41) is 12.1. The molecule has 3 N–H and O–H groups in total. The topological polar surface area (TPSA) is 103 Å². The molecule has 7 heteroatoms. The fourth-order valence-electron chi connectivity index (χ4n) is 2.38. The largest absolute Gasteiger partial charge is 0.326 e. The van der Waals surface area contributed by atoms with Gasteiger partial charge in [0.2, 0.25) is 15.9 Å². The van der Waals surface area contributed by atoms with E-state index in [0.29, 0.717) is 18.0 Å². The van der Waals surface area contributed by atoms with Crippen LogP contribution in [0.25, 0.3) is 0 Å². The summed E-state index contributed by atoms with van der Waals surface area (Å²) in [6.45, 7) is 1.80. The van der Waals surface area contributed by atoms with Gasteiger partial charge in [-0.3, -0.25) is 4.79 Å². The number of nitrogens with one attached hydrogen (secondary N) is 1. The lowest BCUT2D eigenvalue weighted by molar-refractivity contribution is -0.116. The van der Waals surface area contributed by atoms with E-state index in [1.165, 1.54) is 24.3 Å². The fraction of sp³-hybridized carbons (Fsp3) is 0.500. The third kappa shape index (κ3) is 5.11. The van der Waals surface area contributed by atoms with Gasteiger partial charge in [0.15, 0.2) is 0 Å². The first-order chi connectivity index (χ1) is 9.95. The van der Waals surface area contributed by atoms with E-state index in [9.17, 15) is 13.2 Å². The molecule has 1 saturated heterocycles. The molecule has 1 aromatic carbocycles. The van der Waals surface area contributed by atoms with Gasteiger partial charge in [0.1, 0.15) is 0 Å².